The number of rotatable bonds is 2. The zero-order valence-electron chi connectivity index (χ0n) is 5.46. The zero-order valence-corrected chi connectivity index (χ0v) is 6.22. The molecule has 1 fully saturated rings. The Kier molecular flexibility index (Phi) is 2.34. The number of alkyl halides is 1. The summed E-state index contributed by atoms with van der Waals surface area (Å²) in [4.78, 5) is 10.5. The van der Waals surface area contributed by atoms with Crippen LogP contribution in [0.1, 0.15) is 0 Å². The zero-order chi connectivity index (χ0) is 7.56. The van der Waals surface area contributed by atoms with Crippen molar-refractivity contribution in [3.63, 3.8) is 0 Å². The van der Waals surface area contributed by atoms with Gasteiger partial charge in [0.25, 0.3) is 0 Å². The van der Waals surface area contributed by atoms with Crippen LogP contribution in [0.3, 0.4) is 0 Å². The summed E-state index contributed by atoms with van der Waals surface area (Å²) in [5.41, 5.74) is 0. The largest absolute Gasteiger partial charge is 0.440 e. The highest BCUT2D eigenvalue weighted by Gasteiger charge is 2.32. The molecule has 1 N–H and O–H groups in total. The third-order valence-electron chi connectivity index (χ3n) is 1.26. The van der Waals surface area contributed by atoms with Crippen LogP contribution in [0.5, 0.6) is 0 Å². The summed E-state index contributed by atoms with van der Waals surface area (Å²) >= 11 is 5.45. The minimum atomic E-state index is -0.475. The Bertz CT molecular complexity index is 127. The van der Waals surface area contributed by atoms with Crippen molar-refractivity contribution in [1.82, 2.24) is 5.32 Å². The average Bonchev–Trinajstić information content (AvgIpc) is 2.30. The number of methoxy groups -OCH3 is 1. The van der Waals surface area contributed by atoms with E-state index < -0.39 is 12.3 Å². The maximum Gasteiger partial charge on any atom is 0.409 e. The Morgan fingerprint density at radius 3 is 3.00 bits per heavy atom. The van der Waals surface area contributed by atoms with Crippen molar-refractivity contribution < 1.29 is 14.3 Å². The van der Waals surface area contributed by atoms with Gasteiger partial charge >= 0.3 is 6.09 Å². The van der Waals surface area contributed by atoms with Crippen LogP contribution in [0.4, 0.5) is 4.79 Å². The molecule has 0 radical (unpaired) electrons. The first-order chi connectivity index (χ1) is 4.77. The maximum absolute atomic E-state index is 10.5. The predicted molar refractivity (Wildman–Crippen MR) is 34.9 cm³/mol. The molecule has 0 aromatic heterocycles. The van der Waals surface area contributed by atoms with E-state index in [4.69, 9.17) is 21.1 Å². The Morgan fingerprint density at radius 1 is 1.90 bits per heavy atom. The van der Waals surface area contributed by atoms with Gasteiger partial charge in [-0.25, -0.2) is 4.79 Å². The molecule has 1 saturated heterocycles. The Morgan fingerprint density at radius 2 is 2.60 bits per heavy atom. The molecule has 1 rings (SSSR count). The van der Waals surface area contributed by atoms with E-state index in [0.717, 1.165) is 0 Å². The van der Waals surface area contributed by atoms with Gasteiger partial charge in [0, 0.05) is 7.11 Å². The maximum atomic E-state index is 10.5. The lowest BCUT2D eigenvalue weighted by Gasteiger charge is -2.10. The number of carbonyl (C=O) groups is 1. The first-order valence-corrected chi connectivity index (χ1v) is 3.37. The lowest BCUT2D eigenvalue weighted by Crippen LogP contribution is -2.33. The topological polar surface area (TPSA) is 47.6 Å². The van der Waals surface area contributed by atoms with Crippen molar-refractivity contribution in [2.75, 3.05) is 13.0 Å². The summed E-state index contributed by atoms with van der Waals surface area (Å²) in [6, 6.07) is 0. The van der Waals surface area contributed by atoms with E-state index in [2.05, 4.69) is 5.32 Å². The van der Waals surface area contributed by atoms with Gasteiger partial charge in [-0.1, -0.05) is 0 Å². The minimum Gasteiger partial charge on any atom is -0.440 e. The van der Waals surface area contributed by atoms with Gasteiger partial charge in [0.05, 0.1) is 5.88 Å². The predicted octanol–water partition coefficient (Wildman–Crippen LogP) is 0.306. The van der Waals surface area contributed by atoms with Crippen LogP contribution in [0.2, 0.25) is 0 Å². The number of hydrogen-bond donors (Lipinski definition) is 1. The molecule has 0 spiro atoms. The first kappa shape index (κ1) is 7.63. The first-order valence-electron chi connectivity index (χ1n) is 2.84. The van der Waals surface area contributed by atoms with Crippen molar-refractivity contribution in [3.05, 3.63) is 0 Å². The van der Waals surface area contributed by atoms with Crippen LogP contribution >= 0.6 is 11.6 Å². The normalized spacial score (nSPS) is 31.6. The van der Waals surface area contributed by atoms with Crippen LogP contribution in [-0.2, 0) is 9.47 Å². The fraction of sp³-hybridized carbons (Fsp3) is 0.800. The molecular weight excluding hydrogens is 158 g/mol. The summed E-state index contributed by atoms with van der Waals surface area (Å²) in [6.07, 6.45) is -1.23. The molecule has 0 aromatic carbocycles. The Hall–Kier alpha value is -0.480. The number of hydrogen-bond acceptors (Lipinski definition) is 3. The van der Waals surface area contributed by atoms with E-state index in [9.17, 15) is 4.79 Å². The number of nitrogens with one attached hydrogen (secondary N) is 1. The summed E-state index contributed by atoms with van der Waals surface area (Å²) in [7, 11) is 1.49. The summed E-state index contributed by atoms with van der Waals surface area (Å²) < 4.78 is 9.55. The van der Waals surface area contributed by atoms with E-state index in [1.807, 2.05) is 0 Å². The number of amides is 1. The number of cyclic esters (lactones) is 1. The van der Waals surface area contributed by atoms with Crippen LogP contribution in [0, 0.1) is 0 Å². The van der Waals surface area contributed by atoms with Gasteiger partial charge < -0.3 is 9.47 Å². The van der Waals surface area contributed by atoms with Gasteiger partial charge in [0.1, 0.15) is 0 Å². The fourth-order valence-corrected chi connectivity index (χ4v) is 0.990. The standard InChI is InChI=1S/C5H8ClNO3/c1-9-4-3(2-6)10-5(8)7-4/h3-4H,2H2,1H3,(H,7,8)/t3-,4?/m0/s1. The molecule has 0 aliphatic carbocycles. The number of halogens is 1. The van der Waals surface area contributed by atoms with Crippen LogP contribution in [-0.4, -0.2) is 31.4 Å². The molecule has 1 aliphatic rings. The highest BCUT2D eigenvalue weighted by Crippen LogP contribution is 2.10. The number of ether oxygens (including phenoxy) is 2. The quantitative estimate of drug-likeness (QED) is 0.599. The molecule has 1 amide bonds. The van der Waals surface area contributed by atoms with Gasteiger partial charge in [-0.15, -0.1) is 11.6 Å². The van der Waals surface area contributed by atoms with E-state index in [0.29, 0.717) is 0 Å². The molecule has 0 bridgehead atoms. The molecule has 4 nitrogen and oxygen atoms in total. The van der Waals surface area contributed by atoms with E-state index in [-0.39, 0.29) is 12.0 Å². The molecule has 5 heteroatoms. The fourth-order valence-electron chi connectivity index (χ4n) is 0.766. The van der Waals surface area contributed by atoms with Crippen molar-refractivity contribution in [2.45, 2.75) is 12.3 Å². The average molecular weight is 166 g/mol. The minimum absolute atomic E-state index is 0.247. The number of carbonyl (C=O) groups excluding carboxylic acids is 1. The van der Waals surface area contributed by atoms with Crippen LogP contribution < -0.4 is 5.32 Å². The van der Waals surface area contributed by atoms with Gasteiger partial charge in [0.2, 0.25) is 0 Å². The SMILES string of the molecule is COC1NC(=O)O[C@H]1CCl. The second-order valence-corrected chi connectivity index (χ2v) is 2.21. The molecule has 1 heterocycles. The second kappa shape index (κ2) is 3.07. The molecular formula is C5H8ClNO3. The summed E-state index contributed by atoms with van der Waals surface area (Å²) in [5.74, 6) is 0.247. The van der Waals surface area contributed by atoms with Crippen molar-refractivity contribution in [2.24, 2.45) is 0 Å². The van der Waals surface area contributed by atoms with E-state index in [1.54, 1.807) is 0 Å². The van der Waals surface area contributed by atoms with Crippen molar-refractivity contribution in [1.29, 1.82) is 0 Å². The van der Waals surface area contributed by atoms with Crippen LogP contribution in [0.25, 0.3) is 0 Å². The molecule has 1 aliphatic heterocycles. The van der Waals surface area contributed by atoms with E-state index in [1.165, 1.54) is 7.11 Å². The molecule has 1 unspecified atom stereocenters. The Balaban J connectivity index is 2.48. The number of alkyl carbamates (subject to hydrolysis) is 1. The highest BCUT2D eigenvalue weighted by atomic mass is 35.5. The lowest BCUT2D eigenvalue weighted by molar-refractivity contribution is 0.0327. The Labute approximate surface area is 63.4 Å². The van der Waals surface area contributed by atoms with Gasteiger partial charge in [0.15, 0.2) is 12.3 Å². The summed E-state index contributed by atoms with van der Waals surface area (Å²) in [5, 5.41) is 2.44. The molecule has 10 heavy (non-hydrogen) atoms. The molecule has 2 atom stereocenters. The lowest BCUT2D eigenvalue weighted by atomic mass is 10.4. The van der Waals surface area contributed by atoms with Crippen molar-refractivity contribution >= 4 is 17.7 Å². The highest BCUT2D eigenvalue weighted by molar-refractivity contribution is 6.18. The molecule has 0 saturated carbocycles. The molecule has 58 valence electrons. The van der Waals surface area contributed by atoms with Gasteiger partial charge in [-0.3, -0.25) is 5.32 Å². The van der Waals surface area contributed by atoms with Crippen LogP contribution in [0.15, 0.2) is 0 Å². The third-order valence-corrected chi connectivity index (χ3v) is 1.57. The van der Waals surface area contributed by atoms with Gasteiger partial charge in [-0.2, -0.15) is 0 Å². The smallest absolute Gasteiger partial charge is 0.409 e. The second-order valence-electron chi connectivity index (χ2n) is 1.90. The van der Waals surface area contributed by atoms with E-state index >= 15 is 0 Å². The third kappa shape index (κ3) is 1.33. The monoisotopic (exact) mass is 165 g/mol. The molecule has 0 aromatic rings. The van der Waals surface area contributed by atoms with Gasteiger partial charge in [-0.05, 0) is 0 Å². The summed E-state index contributed by atoms with van der Waals surface area (Å²) in [6.45, 7) is 0. The van der Waals surface area contributed by atoms with Crippen molar-refractivity contribution in [3.8, 4) is 0 Å².